The topological polar surface area (TPSA) is 74.7 Å². The van der Waals surface area contributed by atoms with Gasteiger partial charge in [0.05, 0.1) is 0 Å². The lowest BCUT2D eigenvalue weighted by molar-refractivity contribution is -0.156. The van der Waals surface area contributed by atoms with Gasteiger partial charge in [-0.05, 0) is 12.8 Å². The van der Waals surface area contributed by atoms with E-state index in [1.165, 1.54) is 11.8 Å². The molecule has 1 saturated carbocycles. The quantitative estimate of drug-likeness (QED) is 0.836. The Bertz CT molecular complexity index is 390. The van der Waals surface area contributed by atoms with Crippen molar-refractivity contribution in [2.24, 2.45) is 0 Å². The number of hydrogen-bond donors (Lipinski definition) is 1. The Morgan fingerprint density at radius 2 is 2.00 bits per heavy atom. The van der Waals surface area contributed by atoms with Crippen molar-refractivity contribution >= 4 is 28.8 Å². The Kier molecular flexibility index (Phi) is 3.66. The van der Waals surface area contributed by atoms with E-state index in [1.807, 2.05) is 0 Å². The van der Waals surface area contributed by atoms with E-state index in [-0.39, 0.29) is 22.7 Å². The molecule has 0 aromatic heterocycles. The highest BCUT2D eigenvalue weighted by Gasteiger charge is 2.51. The van der Waals surface area contributed by atoms with Crippen LogP contribution >= 0.6 is 11.8 Å². The van der Waals surface area contributed by atoms with Crippen molar-refractivity contribution in [3.63, 3.8) is 0 Å². The van der Waals surface area contributed by atoms with Crippen LogP contribution in [0.3, 0.4) is 0 Å². The number of likely N-dealkylation sites (tertiary alicyclic amines) is 1. The molecule has 1 heterocycles. The summed E-state index contributed by atoms with van der Waals surface area (Å²) in [5.41, 5.74) is -1.01. The van der Waals surface area contributed by atoms with Gasteiger partial charge in [0.15, 0.2) is 5.12 Å². The third-order valence-electron chi connectivity index (χ3n) is 3.77. The van der Waals surface area contributed by atoms with E-state index in [2.05, 4.69) is 0 Å². The number of amides is 1. The van der Waals surface area contributed by atoms with E-state index >= 15 is 0 Å². The molecule has 1 unspecified atom stereocenters. The van der Waals surface area contributed by atoms with Gasteiger partial charge in [-0.2, -0.15) is 0 Å². The molecule has 2 rings (SSSR count). The molecule has 1 saturated heterocycles. The summed E-state index contributed by atoms with van der Waals surface area (Å²) in [6, 6.07) is 0. The summed E-state index contributed by atoms with van der Waals surface area (Å²) in [5.74, 6) is -1.03. The lowest BCUT2D eigenvalue weighted by Crippen LogP contribution is -2.53. The van der Waals surface area contributed by atoms with Crippen LogP contribution in [0.2, 0.25) is 0 Å². The predicted molar refractivity (Wildman–Crippen MR) is 67.2 cm³/mol. The van der Waals surface area contributed by atoms with Gasteiger partial charge in [-0.3, -0.25) is 9.59 Å². The molecule has 1 N–H and O–H groups in total. The summed E-state index contributed by atoms with van der Waals surface area (Å²) < 4.78 is 0. The van der Waals surface area contributed by atoms with Crippen LogP contribution in [0.1, 0.15) is 39.0 Å². The molecule has 0 aromatic rings. The van der Waals surface area contributed by atoms with Gasteiger partial charge < -0.3 is 10.0 Å². The van der Waals surface area contributed by atoms with Crippen LogP contribution in [-0.4, -0.2) is 44.3 Å². The SMILES string of the molecule is CC(=O)SC1CC(=O)N(C2(C(=O)O)CCCC2)C1. The minimum Gasteiger partial charge on any atom is -0.479 e. The number of nitrogens with zero attached hydrogens (tertiary/aromatic N) is 1. The van der Waals surface area contributed by atoms with Gasteiger partial charge in [0.25, 0.3) is 0 Å². The van der Waals surface area contributed by atoms with E-state index in [1.54, 1.807) is 0 Å². The first-order chi connectivity index (χ1) is 8.45. The molecule has 5 nitrogen and oxygen atoms in total. The summed E-state index contributed by atoms with van der Waals surface area (Å²) in [4.78, 5) is 36.1. The number of hydrogen-bond acceptors (Lipinski definition) is 4. The first-order valence-corrected chi connectivity index (χ1v) is 7.05. The summed E-state index contributed by atoms with van der Waals surface area (Å²) in [5, 5.41) is 9.33. The second-order valence-corrected chi connectivity index (χ2v) is 6.46. The molecule has 6 heteroatoms. The van der Waals surface area contributed by atoms with Gasteiger partial charge in [0.2, 0.25) is 5.91 Å². The first kappa shape index (κ1) is 13.4. The summed E-state index contributed by atoms with van der Waals surface area (Å²) in [6.07, 6.45) is 3.04. The molecule has 1 atom stereocenters. The predicted octanol–water partition coefficient (Wildman–Crippen LogP) is 1.26. The van der Waals surface area contributed by atoms with E-state index in [9.17, 15) is 19.5 Å². The standard InChI is InChI=1S/C12H17NO4S/c1-8(14)18-9-6-10(15)13(7-9)12(11(16)17)4-2-3-5-12/h9H,2-7H2,1H3,(H,16,17). The maximum absolute atomic E-state index is 12.0. The van der Waals surface area contributed by atoms with Gasteiger partial charge in [-0.15, -0.1) is 0 Å². The molecule has 0 aromatic carbocycles. The molecule has 1 amide bonds. The van der Waals surface area contributed by atoms with Crippen LogP contribution in [0.15, 0.2) is 0 Å². The van der Waals surface area contributed by atoms with Gasteiger partial charge in [0.1, 0.15) is 5.54 Å². The Morgan fingerprint density at radius 3 is 2.50 bits per heavy atom. The highest BCUT2D eigenvalue weighted by molar-refractivity contribution is 8.14. The maximum Gasteiger partial charge on any atom is 0.329 e. The van der Waals surface area contributed by atoms with Crippen LogP contribution in [0, 0.1) is 0 Å². The van der Waals surface area contributed by atoms with Crippen LogP contribution in [-0.2, 0) is 14.4 Å². The minimum absolute atomic E-state index is 0.0227. The molecule has 1 aliphatic carbocycles. The molecular formula is C12H17NO4S. The second kappa shape index (κ2) is 4.91. The zero-order valence-electron chi connectivity index (χ0n) is 10.3. The number of carbonyl (C=O) groups is 3. The number of carbonyl (C=O) groups excluding carboxylic acids is 2. The molecule has 0 bridgehead atoms. The van der Waals surface area contributed by atoms with Crippen molar-refractivity contribution in [3.8, 4) is 0 Å². The Morgan fingerprint density at radius 1 is 1.39 bits per heavy atom. The zero-order chi connectivity index (χ0) is 13.3. The van der Waals surface area contributed by atoms with Crippen LogP contribution in [0.4, 0.5) is 0 Å². The van der Waals surface area contributed by atoms with Crippen molar-refractivity contribution in [1.29, 1.82) is 0 Å². The largest absolute Gasteiger partial charge is 0.479 e. The number of carboxylic acid groups (broad SMARTS) is 1. The Hall–Kier alpha value is -1.04. The fourth-order valence-corrected chi connectivity index (χ4v) is 3.88. The summed E-state index contributed by atoms with van der Waals surface area (Å²) in [7, 11) is 0. The molecule has 18 heavy (non-hydrogen) atoms. The lowest BCUT2D eigenvalue weighted by atomic mass is 9.95. The highest BCUT2D eigenvalue weighted by Crippen LogP contribution is 2.40. The average molecular weight is 271 g/mol. The molecule has 0 radical (unpaired) electrons. The van der Waals surface area contributed by atoms with E-state index in [4.69, 9.17) is 0 Å². The number of thioether (sulfide) groups is 1. The summed E-state index contributed by atoms with van der Waals surface area (Å²) in [6.45, 7) is 1.86. The maximum atomic E-state index is 12.0. The third-order valence-corrected chi connectivity index (χ3v) is 4.75. The number of aliphatic carboxylic acids is 1. The zero-order valence-corrected chi connectivity index (χ0v) is 11.2. The molecule has 2 fully saturated rings. The highest BCUT2D eigenvalue weighted by atomic mass is 32.2. The second-order valence-electron chi connectivity index (χ2n) is 4.98. The van der Waals surface area contributed by atoms with Crippen molar-refractivity contribution in [3.05, 3.63) is 0 Å². The Labute approximate surface area is 110 Å². The van der Waals surface area contributed by atoms with E-state index in [0.717, 1.165) is 24.6 Å². The number of carboxylic acids is 1. The monoisotopic (exact) mass is 271 g/mol. The third kappa shape index (κ3) is 2.25. The van der Waals surface area contributed by atoms with Gasteiger partial charge in [0, 0.05) is 25.1 Å². The molecule has 100 valence electrons. The molecular weight excluding hydrogens is 254 g/mol. The van der Waals surface area contributed by atoms with Gasteiger partial charge in [-0.1, -0.05) is 24.6 Å². The molecule has 0 spiro atoms. The van der Waals surface area contributed by atoms with Crippen LogP contribution in [0.25, 0.3) is 0 Å². The van der Waals surface area contributed by atoms with Crippen molar-refractivity contribution in [1.82, 2.24) is 4.90 Å². The van der Waals surface area contributed by atoms with Crippen LogP contribution < -0.4 is 0 Å². The van der Waals surface area contributed by atoms with Crippen molar-refractivity contribution < 1.29 is 19.5 Å². The van der Waals surface area contributed by atoms with Crippen LogP contribution in [0.5, 0.6) is 0 Å². The minimum atomic E-state index is -1.01. The Balaban J connectivity index is 2.15. The first-order valence-electron chi connectivity index (χ1n) is 6.17. The van der Waals surface area contributed by atoms with Gasteiger partial charge in [-0.25, -0.2) is 4.79 Å². The smallest absolute Gasteiger partial charge is 0.329 e. The van der Waals surface area contributed by atoms with Crippen molar-refractivity contribution in [2.75, 3.05) is 6.54 Å². The van der Waals surface area contributed by atoms with E-state index < -0.39 is 11.5 Å². The number of rotatable bonds is 3. The van der Waals surface area contributed by atoms with Crippen molar-refractivity contribution in [2.45, 2.75) is 49.8 Å². The lowest BCUT2D eigenvalue weighted by Gasteiger charge is -2.34. The fraction of sp³-hybridized carbons (Fsp3) is 0.750. The fourth-order valence-electron chi connectivity index (χ4n) is 2.96. The molecule has 1 aliphatic heterocycles. The van der Waals surface area contributed by atoms with E-state index in [0.29, 0.717) is 19.4 Å². The normalized spacial score (nSPS) is 26.6. The summed E-state index contributed by atoms with van der Waals surface area (Å²) >= 11 is 1.14. The average Bonchev–Trinajstić information content (AvgIpc) is 2.84. The van der Waals surface area contributed by atoms with Gasteiger partial charge >= 0.3 is 5.97 Å². The molecule has 2 aliphatic rings.